The van der Waals surface area contributed by atoms with Crippen LogP contribution in [0, 0.1) is 0 Å². The van der Waals surface area contributed by atoms with Crippen LogP contribution in [0.2, 0.25) is 0 Å². The molecule has 2 aromatic carbocycles. The average molecular weight is 482 g/mol. The Morgan fingerprint density at radius 1 is 1.09 bits per heavy atom. The van der Waals surface area contributed by atoms with Gasteiger partial charge in [-0.05, 0) is 23.8 Å². The molecule has 0 aliphatic heterocycles. The number of hydrogen-bond donors (Lipinski definition) is 4. The highest BCUT2D eigenvalue weighted by Gasteiger charge is 2.19. The predicted molar refractivity (Wildman–Crippen MR) is 129 cm³/mol. The number of aromatic nitrogens is 1. The van der Waals surface area contributed by atoms with E-state index in [9.17, 15) is 19.5 Å². The number of aliphatic imine (C=N–C) groups is 1. The lowest BCUT2D eigenvalue weighted by atomic mass is 9.92. The first-order chi connectivity index (χ1) is 16.4. The van der Waals surface area contributed by atoms with Gasteiger partial charge in [0.05, 0.1) is 19.0 Å². The third kappa shape index (κ3) is 6.87. The topological polar surface area (TPSA) is 156 Å². The van der Waals surface area contributed by atoms with Gasteiger partial charge < -0.3 is 26.2 Å². The summed E-state index contributed by atoms with van der Waals surface area (Å²) in [7, 11) is 1.25. The minimum Gasteiger partial charge on any atom is -0.481 e. The maximum Gasteiger partial charge on any atom is 0.359 e. The molecule has 0 saturated carbocycles. The lowest BCUT2D eigenvalue weighted by Gasteiger charge is -2.15. The minimum atomic E-state index is -0.973. The molecule has 0 aliphatic rings. The lowest BCUT2D eigenvalue weighted by molar-refractivity contribution is -0.137. The number of carbonyl (C=O) groups is 3. The van der Waals surface area contributed by atoms with Gasteiger partial charge in [-0.2, -0.15) is 0 Å². The van der Waals surface area contributed by atoms with E-state index in [2.05, 4.69) is 25.3 Å². The van der Waals surface area contributed by atoms with Gasteiger partial charge in [-0.25, -0.2) is 14.8 Å². The fraction of sp³-hybridized carbons (Fsp3) is 0.174. The van der Waals surface area contributed by atoms with Crippen LogP contribution in [-0.4, -0.2) is 41.0 Å². The predicted octanol–water partition coefficient (Wildman–Crippen LogP) is 3.58. The van der Waals surface area contributed by atoms with E-state index in [4.69, 9.17) is 5.73 Å². The number of nitrogens with zero attached hydrogens (tertiary/aromatic N) is 2. The molecular formula is C23H23N5O5S. The van der Waals surface area contributed by atoms with Crippen molar-refractivity contribution in [2.75, 3.05) is 17.7 Å². The number of anilines is 2. The Balaban J connectivity index is 1.67. The summed E-state index contributed by atoms with van der Waals surface area (Å²) in [5.41, 5.74) is 9.31. The molecule has 1 aromatic heterocycles. The van der Waals surface area contributed by atoms with Gasteiger partial charge in [0.25, 0.3) is 0 Å². The average Bonchev–Trinajstić information content (AvgIpc) is 3.26. The van der Waals surface area contributed by atoms with Crippen molar-refractivity contribution in [1.29, 1.82) is 0 Å². The number of carbonyl (C=O) groups excluding carboxylic acids is 2. The number of carboxylic acid groups (broad SMARTS) is 1. The highest BCUT2D eigenvalue weighted by Crippen LogP contribution is 2.26. The largest absolute Gasteiger partial charge is 0.481 e. The fourth-order valence-corrected chi connectivity index (χ4v) is 3.85. The Labute approximate surface area is 199 Å². The van der Waals surface area contributed by atoms with Crippen molar-refractivity contribution in [3.63, 3.8) is 0 Å². The number of rotatable bonds is 9. The molecular weight excluding hydrogens is 458 g/mol. The smallest absolute Gasteiger partial charge is 0.359 e. The van der Waals surface area contributed by atoms with Crippen LogP contribution < -0.4 is 16.4 Å². The minimum absolute atomic E-state index is 0.0131. The van der Waals surface area contributed by atoms with Crippen molar-refractivity contribution in [2.45, 2.75) is 18.8 Å². The van der Waals surface area contributed by atoms with E-state index in [1.807, 2.05) is 30.3 Å². The normalized spacial score (nSPS) is 12.0. The van der Waals surface area contributed by atoms with Gasteiger partial charge >= 0.3 is 11.9 Å². The summed E-state index contributed by atoms with van der Waals surface area (Å²) in [5.74, 6) is -2.34. The molecule has 0 radical (unpaired) electrons. The first-order valence-corrected chi connectivity index (χ1v) is 11.0. The van der Waals surface area contributed by atoms with Crippen LogP contribution in [0.5, 0.6) is 0 Å². The van der Waals surface area contributed by atoms with Gasteiger partial charge in [-0.1, -0.05) is 36.4 Å². The number of esters is 1. The van der Waals surface area contributed by atoms with Crippen LogP contribution >= 0.6 is 11.3 Å². The van der Waals surface area contributed by atoms with Crippen LogP contribution in [0.3, 0.4) is 0 Å². The number of amides is 1. The van der Waals surface area contributed by atoms with E-state index < -0.39 is 17.9 Å². The molecule has 176 valence electrons. The highest BCUT2D eigenvalue weighted by molar-refractivity contribution is 7.14. The molecule has 1 atom stereocenters. The van der Waals surface area contributed by atoms with Gasteiger partial charge in [0.15, 0.2) is 16.7 Å². The second-order valence-corrected chi connectivity index (χ2v) is 7.99. The molecule has 0 aliphatic carbocycles. The van der Waals surface area contributed by atoms with Gasteiger partial charge in [0, 0.05) is 23.7 Å². The number of nitrogens with two attached hydrogens (primary N) is 1. The van der Waals surface area contributed by atoms with Crippen LogP contribution in [0.1, 0.15) is 34.8 Å². The Bertz CT molecular complexity index is 1200. The number of thiazole rings is 1. The Hall–Kier alpha value is -4.25. The molecule has 0 bridgehead atoms. The summed E-state index contributed by atoms with van der Waals surface area (Å²) >= 11 is 1.13. The summed E-state index contributed by atoms with van der Waals surface area (Å²) in [4.78, 5) is 43.7. The summed E-state index contributed by atoms with van der Waals surface area (Å²) in [6.45, 7) is 0. The van der Waals surface area contributed by atoms with Crippen molar-refractivity contribution < 1.29 is 24.2 Å². The molecule has 1 amide bonds. The quantitative estimate of drug-likeness (QED) is 0.205. The molecule has 5 N–H and O–H groups in total. The van der Waals surface area contributed by atoms with Crippen molar-refractivity contribution in [3.8, 4) is 0 Å². The monoisotopic (exact) mass is 481 g/mol. The Morgan fingerprint density at radius 3 is 2.47 bits per heavy atom. The van der Waals surface area contributed by atoms with E-state index in [0.717, 1.165) is 16.9 Å². The SMILES string of the molecule is COC(=O)c1ncsc1N=C(N)Nc1cccc(NC(=O)CC(CC(=O)O)c2ccccc2)c1. The molecule has 11 heteroatoms. The van der Waals surface area contributed by atoms with E-state index in [-0.39, 0.29) is 30.4 Å². The van der Waals surface area contributed by atoms with Crippen molar-refractivity contribution in [3.05, 3.63) is 71.4 Å². The number of hydrogen-bond acceptors (Lipinski definition) is 7. The van der Waals surface area contributed by atoms with E-state index in [0.29, 0.717) is 16.4 Å². The molecule has 3 aromatic rings. The number of methoxy groups -OCH3 is 1. The van der Waals surface area contributed by atoms with E-state index >= 15 is 0 Å². The summed E-state index contributed by atoms with van der Waals surface area (Å²) in [6.07, 6.45) is -0.142. The van der Waals surface area contributed by atoms with Crippen LogP contribution in [0.25, 0.3) is 0 Å². The Kier molecular flexibility index (Phi) is 8.30. The standard InChI is InChI=1S/C23H23N5O5S/c1-33-22(32)20-21(34-13-25-20)28-23(24)27-17-9-5-8-16(12-17)26-18(29)10-15(11-19(30)31)14-6-3-2-4-7-14/h2-9,12-13,15H,10-11H2,1H3,(H,26,29)(H,30,31)(H3,24,27,28). The maximum atomic E-state index is 12.6. The molecule has 0 fully saturated rings. The fourth-order valence-electron chi connectivity index (χ4n) is 3.20. The van der Waals surface area contributed by atoms with Gasteiger partial charge in [0.1, 0.15) is 0 Å². The zero-order valence-corrected chi connectivity index (χ0v) is 19.0. The molecule has 1 unspecified atom stereocenters. The molecule has 10 nitrogen and oxygen atoms in total. The number of nitrogens with one attached hydrogen (secondary N) is 2. The number of guanidine groups is 1. The van der Waals surface area contributed by atoms with E-state index in [1.54, 1.807) is 24.3 Å². The summed E-state index contributed by atoms with van der Waals surface area (Å²) < 4.78 is 4.67. The van der Waals surface area contributed by atoms with E-state index in [1.165, 1.54) is 12.6 Å². The number of benzene rings is 2. The van der Waals surface area contributed by atoms with Crippen LogP contribution in [-0.2, 0) is 14.3 Å². The van der Waals surface area contributed by atoms with Gasteiger partial charge in [-0.3, -0.25) is 9.59 Å². The number of ether oxygens (including phenoxy) is 1. The molecule has 34 heavy (non-hydrogen) atoms. The van der Waals surface area contributed by atoms with Crippen LogP contribution in [0.15, 0.2) is 65.1 Å². The van der Waals surface area contributed by atoms with Crippen molar-refractivity contribution in [1.82, 2.24) is 4.98 Å². The number of aliphatic carboxylic acids is 1. The summed E-state index contributed by atoms with van der Waals surface area (Å²) in [6, 6.07) is 15.9. The zero-order chi connectivity index (χ0) is 24.5. The molecule has 1 heterocycles. The third-order valence-corrected chi connectivity index (χ3v) is 5.41. The highest BCUT2D eigenvalue weighted by atomic mass is 32.1. The zero-order valence-electron chi connectivity index (χ0n) is 18.2. The molecule has 0 spiro atoms. The first-order valence-electron chi connectivity index (χ1n) is 10.2. The lowest BCUT2D eigenvalue weighted by Crippen LogP contribution is -2.22. The van der Waals surface area contributed by atoms with Crippen LogP contribution in [0.4, 0.5) is 16.4 Å². The molecule has 0 saturated heterocycles. The van der Waals surface area contributed by atoms with Crippen molar-refractivity contribution in [2.24, 2.45) is 10.7 Å². The maximum absolute atomic E-state index is 12.6. The second-order valence-electron chi connectivity index (χ2n) is 7.16. The van der Waals surface area contributed by atoms with Gasteiger partial charge in [0.2, 0.25) is 5.91 Å². The van der Waals surface area contributed by atoms with Gasteiger partial charge in [-0.15, -0.1) is 11.3 Å². The molecule has 3 rings (SSSR count). The third-order valence-electron chi connectivity index (χ3n) is 4.69. The summed E-state index contributed by atoms with van der Waals surface area (Å²) in [5, 5.41) is 15.2. The Morgan fingerprint density at radius 2 is 1.79 bits per heavy atom. The number of carboxylic acids is 1. The van der Waals surface area contributed by atoms with Crippen molar-refractivity contribution >= 4 is 51.5 Å². The first kappa shape index (κ1) is 24.4. The second kappa shape index (κ2) is 11.6.